The fourth-order valence-electron chi connectivity index (χ4n) is 1.61. The molecule has 1 aromatic carbocycles. The van der Waals surface area contributed by atoms with Gasteiger partial charge in [0, 0.05) is 11.6 Å². The zero-order chi connectivity index (χ0) is 9.97. The van der Waals surface area contributed by atoms with Crippen LogP contribution in [0.3, 0.4) is 0 Å². The van der Waals surface area contributed by atoms with Gasteiger partial charge in [-0.25, -0.2) is 0 Å². The molecule has 2 rings (SSSR count). The molecule has 3 heteroatoms. The van der Waals surface area contributed by atoms with Crippen molar-refractivity contribution in [3.63, 3.8) is 0 Å². The van der Waals surface area contributed by atoms with E-state index in [-0.39, 0.29) is 0 Å². The smallest absolute Gasteiger partial charge is 0.120 e. The lowest BCUT2D eigenvalue weighted by Crippen LogP contribution is -2.19. The lowest BCUT2D eigenvalue weighted by atomic mass is 10.2. The summed E-state index contributed by atoms with van der Waals surface area (Å²) >= 11 is 5.93. The Bertz CT molecular complexity index is 321. The zero-order valence-electron chi connectivity index (χ0n) is 8.22. The minimum Gasteiger partial charge on any atom is -0.489 e. The number of nitrogens with one attached hydrogen (secondary N) is 1. The Morgan fingerprint density at radius 1 is 1.50 bits per heavy atom. The summed E-state index contributed by atoms with van der Waals surface area (Å²) in [6, 6.07) is 5.79. The standard InChI is InChI=1S/C11H14ClNO/c1-8-6-9(2-3-11(8)12)14-10-4-5-13-7-10/h2-3,6,10,13H,4-5,7H2,1H3/t10-/m1/s1. The Kier molecular flexibility index (Phi) is 2.94. The van der Waals surface area contributed by atoms with Crippen molar-refractivity contribution in [2.45, 2.75) is 19.4 Å². The van der Waals surface area contributed by atoms with Gasteiger partial charge < -0.3 is 10.1 Å². The van der Waals surface area contributed by atoms with Crippen molar-refractivity contribution < 1.29 is 4.74 Å². The molecule has 1 N–H and O–H groups in total. The number of ether oxygens (including phenoxy) is 1. The highest BCUT2D eigenvalue weighted by atomic mass is 35.5. The number of benzene rings is 1. The molecule has 0 radical (unpaired) electrons. The van der Waals surface area contributed by atoms with E-state index in [2.05, 4.69) is 5.32 Å². The normalized spacial score (nSPS) is 21.1. The van der Waals surface area contributed by atoms with Crippen LogP contribution in [-0.2, 0) is 0 Å². The predicted molar refractivity (Wildman–Crippen MR) is 58.1 cm³/mol. The minimum atomic E-state index is 0.315. The Hall–Kier alpha value is -0.730. The van der Waals surface area contributed by atoms with Gasteiger partial charge >= 0.3 is 0 Å². The molecule has 1 fully saturated rings. The van der Waals surface area contributed by atoms with Gasteiger partial charge in [0.15, 0.2) is 0 Å². The van der Waals surface area contributed by atoms with E-state index in [1.807, 2.05) is 25.1 Å². The summed E-state index contributed by atoms with van der Waals surface area (Å²) in [5.41, 5.74) is 1.06. The van der Waals surface area contributed by atoms with E-state index in [4.69, 9.17) is 16.3 Å². The van der Waals surface area contributed by atoms with Crippen molar-refractivity contribution in [3.05, 3.63) is 28.8 Å². The molecule has 0 bridgehead atoms. The van der Waals surface area contributed by atoms with Crippen LogP contribution in [0.1, 0.15) is 12.0 Å². The summed E-state index contributed by atoms with van der Waals surface area (Å²) in [5.74, 6) is 0.917. The second kappa shape index (κ2) is 4.20. The number of halogens is 1. The van der Waals surface area contributed by atoms with Crippen LogP contribution in [0.2, 0.25) is 5.02 Å². The molecular weight excluding hydrogens is 198 g/mol. The molecule has 76 valence electrons. The van der Waals surface area contributed by atoms with Gasteiger partial charge in [-0.1, -0.05) is 11.6 Å². The van der Waals surface area contributed by atoms with Crippen molar-refractivity contribution in [2.24, 2.45) is 0 Å². The highest BCUT2D eigenvalue weighted by Gasteiger charge is 2.15. The molecule has 1 aliphatic heterocycles. The Balaban J connectivity index is 2.05. The largest absolute Gasteiger partial charge is 0.489 e. The molecule has 2 nitrogen and oxygen atoms in total. The maximum Gasteiger partial charge on any atom is 0.120 e. The fraction of sp³-hybridized carbons (Fsp3) is 0.455. The van der Waals surface area contributed by atoms with Crippen molar-refractivity contribution in [1.82, 2.24) is 5.32 Å². The second-order valence-electron chi connectivity index (χ2n) is 3.64. The van der Waals surface area contributed by atoms with Gasteiger partial charge in [0.05, 0.1) is 0 Å². The van der Waals surface area contributed by atoms with Gasteiger partial charge in [-0.3, -0.25) is 0 Å². The monoisotopic (exact) mass is 211 g/mol. The Morgan fingerprint density at radius 3 is 3.00 bits per heavy atom. The second-order valence-corrected chi connectivity index (χ2v) is 4.05. The summed E-state index contributed by atoms with van der Waals surface area (Å²) < 4.78 is 5.79. The SMILES string of the molecule is Cc1cc(O[C@@H]2CCNC2)ccc1Cl. The number of hydrogen-bond acceptors (Lipinski definition) is 2. The predicted octanol–water partition coefficient (Wildman–Crippen LogP) is 2.39. The molecule has 1 heterocycles. The van der Waals surface area contributed by atoms with Crippen molar-refractivity contribution in [1.29, 1.82) is 0 Å². The van der Waals surface area contributed by atoms with Crippen LogP contribution < -0.4 is 10.1 Å². The van der Waals surface area contributed by atoms with Crippen molar-refractivity contribution in [2.75, 3.05) is 13.1 Å². The quantitative estimate of drug-likeness (QED) is 0.811. The Morgan fingerprint density at radius 2 is 2.36 bits per heavy atom. The fourth-order valence-corrected chi connectivity index (χ4v) is 1.73. The molecule has 0 amide bonds. The maximum absolute atomic E-state index is 5.93. The van der Waals surface area contributed by atoms with Crippen LogP contribution in [0.5, 0.6) is 5.75 Å². The third-order valence-corrected chi connectivity index (χ3v) is 2.87. The van der Waals surface area contributed by atoms with Crippen LogP contribution in [0.15, 0.2) is 18.2 Å². The molecule has 1 atom stereocenters. The van der Waals surface area contributed by atoms with Gasteiger partial charge in [-0.2, -0.15) is 0 Å². The van der Waals surface area contributed by atoms with Gasteiger partial charge in [-0.15, -0.1) is 0 Å². The number of aryl methyl sites for hydroxylation is 1. The molecular formula is C11H14ClNO. The first-order chi connectivity index (χ1) is 6.75. The van der Waals surface area contributed by atoms with Crippen LogP contribution in [0, 0.1) is 6.92 Å². The third kappa shape index (κ3) is 2.20. The van der Waals surface area contributed by atoms with Gasteiger partial charge in [0.2, 0.25) is 0 Å². The van der Waals surface area contributed by atoms with Crippen LogP contribution in [0.4, 0.5) is 0 Å². The van der Waals surface area contributed by atoms with Gasteiger partial charge in [0.1, 0.15) is 11.9 Å². The van der Waals surface area contributed by atoms with Crippen LogP contribution in [0.25, 0.3) is 0 Å². The summed E-state index contributed by atoms with van der Waals surface area (Å²) in [6.07, 6.45) is 1.40. The lowest BCUT2D eigenvalue weighted by Gasteiger charge is -2.13. The topological polar surface area (TPSA) is 21.3 Å². The van der Waals surface area contributed by atoms with Crippen LogP contribution >= 0.6 is 11.6 Å². The molecule has 0 unspecified atom stereocenters. The summed E-state index contributed by atoms with van der Waals surface area (Å²) in [7, 11) is 0. The molecule has 0 saturated carbocycles. The van der Waals surface area contributed by atoms with E-state index in [0.29, 0.717) is 6.10 Å². The summed E-state index contributed by atoms with van der Waals surface area (Å²) in [5, 5.41) is 4.06. The third-order valence-electron chi connectivity index (χ3n) is 2.45. The average molecular weight is 212 g/mol. The highest BCUT2D eigenvalue weighted by Crippen LogP contribution is 2.22. The van der Waals surface area contributed by atoms with E-state index in [1.165, 1.54) is 0 Å². The first-order valence-electron chi connectivity index (χ1n) is 4.89. The molecule has 14 heavy (non-hydrogen) atoms. The van der Waals surface area contributed by atoms with Crippen LogP contribution in [-0.4, -0.2) is 19.2 Å². The van der Waals surface area contributed by atoms with Crippen molar-refractivity contribution in [3.8, 4) is 5.75 Å². The minimum absolute atomic E-state index is 0.315. The average Bonchev–Trinajstić information content (AvgIpc) is 2.64. The molecule has 1 aromatic rings. The Labute approximate surface area is 89.2 Å². The molecule has 0 spiro atoms. The summed E-state index contributed by atoms with van der Waals surface area (Å²) in [4.78, 5) is 0. The van der Waals surface area contributed by atoms with E-state index in [1.54, 1.807) is 0 Å². The molecule has 1 aliphatic rings. The molecule has 0 aromatic heterocycles. The molecule has 1 saturated heterocycles. The maximum atomic E-state index is 5.93. The van der Waals surface area contributed by atoms with Gasteiger partial charge in [-0.05, 0) is 43.7 Å². The van der Waals surface area contributed by atoms with E-state index < -0.39 is 0 Å². The van der Waals surface area contributed by atoms with Crippen molar-refractivity contribution >= 4 is 11.6 Å². The summed E-state index contributed by atoms with van der Waals surface area (Å²) in [6.45, 7) is 3.99. The highest BCUT2D eigenvalue weighted by molar-refractivity contribution is 6.31. The zero-order valence-corrected chi connectivity index (χ0v) is 8.97. The van der Waals surface area contributed by atoms with E-state index >= 15 is 0 Å². The number of rotatable bonds is 2. The molecule has 0 aliphatic carbocycles. The first kappa shape index (κ1) is 9.81. The first-order valence-corrected chi connectivity index (χ1v) is 5.27. The van der Waals surface area contributed by atoms with E-state index in [0.717, 1.165) is 35.8 Å². The number of hydrogen-bond donors (Lipinski definition) is 1. The lowest BCUT2D eigenvalue weighted by molar-refractivity contribution is 0.223. The van der Waals surface area contributed by atoms with Gasteiger partial charge in [0.25, 0.3) is 0 Å². The van der Waals surface area contributed by atoms with E-state index in [9.17, 15) is 0 Å².